The number of hydrogen-bond donors (Lipinski definition) is 1. The van der Waals surface area contributed by atoms with Crippen molar-refractivity contribution in [3.05, 3.63) is 23.2 Å². The molecule has 1 aromatic rings. The molecule has 0 aromatic heterocycles. The van der Waals surface area contributed by atoms with Gasteiger partial charge in [0.2, 0.25) is 0 Å². The molecule has 5 nitrogen and oxygen atoms in total. The van der Waals surface area contributed by atoms with Gasteiger partial charge in [0.05, 0.1) is 11.6 Å². The zero-order valence-corrected chi connectivity index (χ0v) is 15.9. The van der Waals surface area contributed by atoms with Crippen LogP contribution in [-0.2, 0) is 14.3 Å². The van der Waals surface area contributed by atoms with Gasteiger partial charge in [-0.2, -0.15) is 0 Å². The fourth-order valence-electron chi connectivity index (χ4n) is 2.08. The Bertz CT molecular complexity index is 538. The minimum absolute atomic E-state index is 0.112. The maximum atomic E-state index is 12.5. The van der Waals surface area contributed by atoms with Gasteiger partial charge in [0.1, 0.15) is 17.5 Å². The fourth-order valence-corrected chi connectivity index (χ4v) is 2.30. The molecule has 136 valence electrons. The van der Waals surface area contributed by atoms with Gasteiger partial charge in [-0.3, -0.25) is 4.79 Å². The van der Waals surface area contributed by atoms with Gasteiger partial charge >= 0.3 is 0 Å². The highest BCUT2D eigenvalue weighted by Crippen LogP contribution is 2.29. The predicted octanol–water partition coefficient (Wildman–Crippen LogP) is 4.29. The molecule has 0 unspecified atom stereocenters. The minimum Gasteiger partial charge on any atom is -0.487 e. The Balaban J connectivity index is 2.78. The summed E-state index contributed by atoms with van der Waals surface area (Å²) in [6.45, 7) is 8.64. The molecule has 6 heteroatoms. The number of halogens is 1. The summed E-state index contributed by atoms with van der Waals surface area (Å²) in [4.78, 5) is 12.5. The van der Waals surface area contributed by atoms with Crippen molar-refractivity contribution < 1.29 is 19.0 Å². The summed E-state index contributed by atoms with van der Waals surface area (Å²) in [5.41, 5.74) is -0.249. The smallest absolute Gasteiger partial charge is 0.256 e. The second-order valence-electron chi connectivity index (χ2n) is 5.92. The highest BCUT2D eigenvalue weighted by Gasteiger charge is 2.32. The summed E-state index contributed by atoms with van der Waals surface area (Å²) >= 11 is 6.24. The normalized spacial score (nSPS) is 14.8. The lowest BCUT2D eigenvalue weighted by Crippen LogP contribution is -2.42. The summed E-state index contributed by atoms with van der Waals surface area (Å²) in [6.07, 6.45) is 1.33. The Hall–Kier alpha value is -1.30. The highest BCUT2D eigenvalue weighted by atomic mass is 35.5. The number of anilines is 1. The predicted molar refractivity (Wildman–Crippen MR) is 97.0 cm³/mol. The molecule has 1 rings (SSSR count). The average molecular weight is 358 g/mol. The van der Waals surface area contributed by atoms with E-state index in [0.29, 0.717) is 36.1 Å². The molecular weight excluding hydrogens is 330 g/mol. The van der Waals surface area contributed by atoms with Crippen molar-refractivity contribution in [3.8, 4) is 5.75 Å². The Morgan fingerprint density at radius 2 is 2.08 bits per heavy atom. The molecule has 1 N–H and O–H groups in total. The summed E-state index contributed by atoms with van der Waals surface area (Å²) in [6, 6.07) is 5.17. The standard InChI is InChI=1S/C18H28ClNO4/c1-6-10-23-18(4,7-2)17(21)20-14-8-9-16(15(19)11-14)24-13(3)12-22-5/h8-9,11,13H,6-7,10,12H2,1-5H3,(H,20,21)/t13-,18+/m0/s1. The second kappa shape index (κ2) is 9.87. The number of rotatable bonds is 10. The van der Waals surface area contributed by atoms with Crippen LogP contribution >= 0.6 is 11.6 Å². The zero-order chi connectivity index (χ0) is 18.2. The number of carbonyl (C=O) groups is 1. The number of carbonyl (C=O) groups excluding carboxylic acids is 1. The molecule has 1 amide bonds. The van der Waals surface area contributed by atoms with Crippen LogP contribution in [0.25, 0.3) is 0 Å². The van der Waals surface area contributed by atoms with E-state index in [1.54, 1.807) is 32.2 Å². The third kappa shape index (κ3) is 5.96. The first-order chi connectivity index (χ1) is 11.4. The van der Waals surface area contributed by atoms with Crippen LogP contribution in [0.4, 0.5) is 5.69 Å². The topological polar surface area (TPSA) is 56.8 Å². The molecule has 0 bridgehead atoms. The number of hydrogen-bond acceptors (Lipinski definition) is 4. The van der Waals surface area contributed by atoms with Gasteiger partial charge in [-0.1, -0.05) is 25.4 Å². The summed E-state index contributed by atoms with van der Waals surface area (Å²) in [7, 11) is 1.62. The van der Waals surface area contributed by atoms with Gasteiger partial charge in [-0.05, 0) is 44.9 Å². The zero-order valence-electron chi connectivity index (χ0n) is 15.1. The lowest BCUT2D eigenvalue weighted by atomic mass is 10.0. The molecule has 0 radical (unpaired) electrons. The first-order valence-corrected chi connectivity index (χ1v) is 8.64. The van der Waals surface area contributed by atoms with Gasteiger partial charge in [0, 0.05) is 19.4 Å². The molecular formula is C18H28ClNO4. The van der Waals surface area contributed by atoms with Crippen molar-refractivity contribution >= 4 is 23.2 Å². The summed E-state index contributed by atoms with van der Waals surface area (Å²) in [5.74, 6) is 0.371. The maximum absolute atomic E-state index is 12.5. The van der Waals surface area contributed by atoms with Crippen molar-refractivity contribution in [1.29, 1.82) is 0 Å². The van der Waals surface area contributed by atoms with Crippen LogP contribution in [0.1, 0.15) is 40.5 Å². The molecule has 1 aromatic carbocycles. The van der Waals surface area contributed by atoms with Gasteiger partial charge in [-0.15, -0.1) is 0 Å². The largest absolute Gasteiger partial charge is 0.487 e. The molecule has 0 aliphatic carbocycles. The summed E-state index contributed by atoms with van der Waals surface area (Å²) < 4.78 is 16.4. The monoisotopic (exact) mass is 357 g/mol. The minimum atomic E-state index is -0.857. The number of ether oxygens (including phenoxy) is 3. The van der Waals surface area contributed by atoms with E-state index >= 15 is 0 Å². The quantitative estimate of drug-likeness (QED) is 0.678. The van der Waals surface area contributed by atoms with Gasteiger partial charge < -0.3 is 19.5 Å². The van der Waals surface area contributed by atoms with Crippen LogP contribution in [0, 0.1) is 0 Å². The first-order valence-electron chi connectivity index (χ1n) is 8.26. The van der Waals surface area contributed by atoms with Crippen molar-refractivity contribution in [2.75, 3.05) is 25.6 Å². The molecule has 2 atom stereocenters. The third-order valence-electron chi connectivity index (χ3n) is 3.70. The third-order valence-corrected chi connectivity index (χ3v) is 3.99. The number of benzene rings is 1. The van der Waals surface area contributed by atoms with Crippen LogP contribution in [0.3, 0.4) is 0 Å². The maximum Gasteiger partial charge on any atom is 0.256 e. The number of methoxy groups -OCH3 is 1. The molecule has 0 aliphatic heterocycles. The molecule has 0 spiro atoms. The Morgan fingerprint density at radius 3 is 2.62 bits per heavy atom. The second-order valence-corrected chi connectivity index (χ2v) is 6.32. The van der Waals surface area contributed by atoms with E-state index < -0.39 is 5.60 Å². The Labute approximate surface area is 149 Å². The van der Waals surface area contributed by atoms with Crippen molar-refractivity contribution in [2.45, 2.75) is 52.2 Å². The van der Waals surface area contributed by atoms with E-state index in [2.05, 4.69) is 5.32 Å². The van der Waals surface area contributed by atoms with Crippen molar-refractivity contribution in [1.82, 2.24) is 0 Å². The average Bonchev–Trinajstić information content (AvgIpc) is 2.55. The van der Waals surface area contributed by atoms with Gasteiger partial charge in [-0.25, -0.2) is 0 Å². The van der Waals surface area contributed by atoms with Crippen LogP contribution in [0.2, 0.25) is 5.02 Å². The van der Waals surface area contributed by atoms with E-state index in [1.807, 2.05) is 20.8 Å². The van der Waals surface area contributed by atoms with Crippen LogP contribution in [-0.4, -0.2) is 37.9 Å². The lowest BCUT2D eigenvalue weighted by molar-refractivity contribution is -0.139. The van der Waals surface area contributed by atoms with Gasteiger partial charge in [0.25, 0.3) is 5.91 Å². The lowest BCUT2D eigenvalue weighted by Gasteiger charge is -2.27. The summed E-state index contributed by atoms with van der Waals surface area (Å²) in [5, 5.41) is 3.29. The van der Waals surface area contributed by atoms with E-state index in [4.69, 9.17) is 25.8 Å². The molecule has 0 saturated heterocycles. The fraction of sp³-hybridized carbons (Fsp3) is 0.611. The SMILES string of the molecule is CCCO[C@](C)(CC)C(=O)Nc1ccc(O[C@@H](C)COC)c(Cl)c1. The Kier molecular flexibility index (Phi) is 8.53. The van der Waals surface area contributed by atoms with Gasteiger partial charge in [0.15, 0.2) is 0 Å². The van der Waals surface area contributed by atoms with Crippen molar-refractivity contribution in [3.63, 3.8) is 0 Å². The molecule has 0 heterocycles. The van der Waals surface area contributed by atoms with E-state index in [9.17, 15) is 4.79 Å². The molecule has 0 aliphatic rings. The van der Waals surface area contributed by atoms with E-state index in [1.165, 1.54) is 0 Å². The number of amides is 1. The van der Waals surface area contributed by atoms with Crippen molar-refractivity contribution in [2.24, 2.45) is 0 Å². The van der Waals surface area contributed by atoms with E-state index in [-0.39, 0.29) is 12.0 Å². The first kappa shape index (κ1) is 20.7. The molecule has 24 heavy (non-hydrogen) atoms. The van der Waals surface area contributed by atoms with Crippen LogP contribution in [0.5, 0.6) is 5.75 Å². The highest BCUT2D eigenvalue weighted by molar-refractivity contribution is 6.32. The molecule has 0 fully saturated rings. The van der Waals surface area contributed by atoms with Crippen LogP contribution in [0.15, 0.2) is 18.2 Å². The van der Waals surface area contributed by atoms with E-state index in [0.717, 1.165) is 6.42 Å². The Morgan fingerprint density at radius 1 is 1.38 bits per heavy atom. The molecule has 0 saturated carbocycles. The van der Waals surface area contributed by atoms with Crippen LogP contribution < -0.4 is 10.1 Å². The number of nitrogens with one attached hydrogen (secondary N) is 1.